The summed E-state index contributed by atoms with van der Waals surface area (Å²) in [6, 6.07) is 8.25. The van der Waals surface area contributed by atoms with E-state index < -0.39 is 0 Å². The Bertz CT molecular complexity index is 1040. The number of benzene rings is 1. The van der Waals surface area contributed by atoms with Gasteiger partial charge >= 0.3 is 0 Å². The maximum absolute atomic E-state index is 12.8. The first-order chi connectivity index (χ1) is 12.1. The number of thiophene rings is 2. The van der Waals surface area contributed by atoms with E-state index >= 15 is 0 Å². The number of carbonyl (C=O) groups is 1. The molecule has 0 saturated carbocycles. The number of hydrogen-bond acceptors (Lipinski definition) is 4. The highest BCUT2D eigenvalue weighted by Crippen LogP contribution is 2.40. The summed E-state index contributed by atoms with van der Waals surface area (Å²) < 4.78 is 1.00. The van der Waals surface area contributed by atoms with Crippen LogP contribution in [0.4, 0.5) is 5.00 Å². The van der Waals surface area contributed by atoms with E-state index in [-0.39, 0.29) is 5.91 Å². The number of rotatable bonds is 2. The molecule has 3 aromatic rings. The van der Waals surface area contributed by atoms with Crippen LogP contribution in [-0.2, 0) is 12.8 Å². The minimum atomic E-state index is -0.237. The topological polar surface area (TPSA) is 52.9 Å². The van der Waals surface area contributed by atoms with Gasteiger partial charge in [0.05, 0.1) is 10.6 Å². The van der Waals surface area contributed by atoms with Crippen molar-refractivity contribution in [2.45, 2.75) is 32.6 Å². The molecule has 0 fully saturated rings. The Balaban J connectivity index is 1.70. The number of carbonyl (C=O) groups excluding carboxylic acids is 1. The molecule has 25 heavy (non-hydrogen) atoms. The third-order valence-electron chi connectivity index (χ3n) is 4.50. The molecule has 0 aliphatic heterocycles. The lowest BCUT2D eigenvalue weighted by Crippen LogP contribution is -2.10. The van der Waals surface area contributed by atoms with Crippen LogP contribution in [-0.4, -0.2) is 5.91 Å². The molecule has 1 aromatic carbocycles. The Morgan fingerprint density at radius 1 is 1.28 bits per heavy atom. The molecule has 0 radical (unpaired) electrons. The summed E-state index contributed by atoms with van der Waals surface area (Å²) in [7, 11) is 0. The zero-order valence-corrected chi connectivity index (χ0v) is 16.0. The lowest BCUT2D eigenvalue weighted by Gasteiger charge is -2.09. The predicted octanol–water partition coefficient (Wildman–Crippen LogP) is 5.93. The molecule has 2 aromatic heterocycles. The van der Waals surface area contributed by atoms with Crippen LogP contribution in [0.5, 0.6) is 0 Å². The van der Waals surface area contributed by atoms with E-state index in [4.69, 9.17) is 11.6 Å². The number of hydrogen-bond donors (Lipinski definition) is 1. The van der Waals surface area contributed by atoms with Crippen molar-refractivity contribution in [2.75, 3.05) is 5.32 Å². The Labute approximate surface area is 158 Å². The Kier molecular flexibility index (Phi) is 4.28. The Morgan fingerprint density at radius 3 is 2.88 bits per heavy atom. The van der Waals surface area contributed by atoms with Gasteiger partial charge in [-0.05, 0) is 49.8 Å². The number of nitrogens with zero attached hydrogens (tertiary/aromatic N) is 1. The second-order valence-electron chi connectivity index (χ2n) is 6.23. The molecule has 2 heterocycles. The van der Waals surface area contributed by atoms with Gasteiger partial charge in [0, 0.05) is 15.0 Å². The van der Waals surface area contributed by atoms with Crippen LogP contribution in [0.15, 0.2) is 18.2 Å². The van der Waals surface area contributed by atoms with Crippen molar-refractivity contribution in [1.82, 2.24) is 0 Å². The molecule has 1 amide bonds. The summed E-state index contributed by atoms with van der Waals surface area (Å²) in [6.07, 6.45) is 4.17. The van der Waals surface area contributed by atoms with Gasteiger partial charge in [0.15, 0.2) is 0 Å². The van der Waals surface area contributed by atoms with E-state index in [1.807, 2.05) is 25.1 Å². The number of fused-ring (bicyclic) bond motifs is 2. The van der Waals surface area contributed by atoms with Crippen molar-refractivity contribution in [1.29, 1.82) is 5.26 Å². The van der Waals surface area contributed by atoms with Crippen molar-refractivity contribution >= 4 is 55.3 Å². The van der Waals surface area contributed by atoms with Crippen LogP contribution in [0.3, 0.4) is 0 Å². The van der Waals surface area contributed by atoms with Crippen LogP contribution < -0.4 is 5.32 Å². The SMILES string of the molecule is Cc1ccc2c(Cl)c(C(=O)Nc3sc4c(c3C#N)CCCC4)sc2c1. The second-order valence-corrected chi connectivity index (χ2v) is 8.76. The fraction of sp³-hybridized carbons (Fsp3) is 0.263. The maximum Gasteiger partial charge on any atom is 0.267 e. The molecule has 0 spiro atoms. The van der Waals surface area contributed by atoms with Crippen LogP contribution in [0.1, 0.15) is 44.1 Å². The third-order valence-corrected chi connectivity index (χ3v) is 7.36. The van der Waals surface area contributed by atoms with E-state index in [9.17, 15) is 10.1 Å². The first-order valence-electron chi connectivity index (χ1n) is 8.13. The van der Waals surface area contributed by atoms with Crippen LogP contribution in [0.25, 0.3) is 10.1 Å². The molecule has 0 bridgehead atoms. The van der Waals surface area contributed by atoms with Gasteiger partial charge in [0.2, 0.25) is 0 Å². The zero-order valence-electron chi connectivity index (χ0n) is 13.6. The molecule has 0 saturated heterocycles. The molecule has 1 aliphatic rings. The van der Waals surface area contributed by atoms with Crippen molar-refractivity contribution in [2.24, 2.45) is 0 Å². The van der Waals surface area contributed by atoms with E-state index in [0.29, 0.717) is 20.5 Å². The van der Waals surface area contributed by atoms with Gasteiger partial charge in [-0.1, -0.05) is 23.7 Å². The molecule has 0 unspecified atom stereocenters. The summed E-state index contributed by atoms with van der Waals surface area (Å²) in [5.74, 6) is -0.237. The molecule has 126 valence electrons. The molecular weight excluding hydrogens is 372 g/mol. The highest BCUT2D eigenvalue weighted by atomic mass is 35.5. The quantitative estimate of drug-likeness (QED) is 0.593. The molecule has 4 rings (SSSR count). The van der Waals surface area contributed by atoms with E-state index in [2.05, 4.69) is 11.4 Å². The molecule has 3 nitrogen and oxygen atoms in total. The highest BCUT2D eigenvalue weighted by Gasteiger charge is 2.24. The van der Waals surface area contributed by atoms with Gasteiger partial charge in [-0.25, -0.2) is 0 Å². The van der Waals surface area contributed by atoms with Crippen molar-refractivity contribution < 1.29 is 4.79 Å². The number of amides is 1. The summed E-state index contributed by atoms with van der Waals surface area (Å²) in [4.78, 5) is 14.5. The normalized spacial score (nSPS) is 13.5. The van der Waals surface area contributed by atoms with Gasteiger partial charge in [0.25, 0.3) is 5.91 Å². The summed E-state index contributed by atoms with van der Waals surface area (Å²) in [5.41, 5.74) is 2.88. The lowest BCUT2D eigenvalue weighted by atomic mass is 9.96. The van der Waals surface area contributed by atoms with Gasteiger partial charge < -0.3 is 5.32 Å². The van der Waals surface area contributed by atoms with E-state index in [1.54, 1.807) is 0 Å². The largest absolute Gasteiger partial charge is 0.312 e. The van der Waals surface area contributed by atoms with E-state index in [1.165, 1.54) is 27.6 Å². The average Bonchev–Trinajstić information content (AvgIpc) is 3.11. The molecule has 6 heteroatoms. The third kappa shape index (κ3) is 2.85. The highest BCUT2D eigenvalue weighted by molar-refractivity contribution is 7.22. The van der Waals surface area contributed by atoms with Gasteiger partial charge in [-0.2, -0.15) is 5.26 Å². The minimum Gasteiger partial charge on any atom is -0.312 e. The number of halogens is 1. The van der Waals surface area contributed by atoms with Crippen LogP contribution >= 0.6 is 34.3 Å². The predicted molar refractivity (Wildman–Crippen MR) is 105 cm³/mol. The lowest BCUT2D eigenvalue weighted by molar-refractivity contribution is 0.103. The van der Waals surface area contributed by atoms with Crippen LogP contribution in [0.2, 0.25) is 5.02 Å². The van der Waals surface area contributed by atoms with Crippen molar-refractivity contribution in [3.05, 3.63) is 49.7 Å². The standard InChI is InChI=1S/C19H15ClN2OS2/c1-10-6-7-12-15(8-10)24-17(16(12)20)18(23)22-19-13(9-21)11-4-2-3-5-14(11)25-19/h6-8H,2-5H2,1H3,(H,22,23). The van der Waals surface area contributed by atoms with Gasteiger partial charge in [-0.15, -0.1) is 22.7 Å². The van der Waals surface area contributed by atoms with E-state index in [0.717, 1.165) is 46.9 Å². The van der Waals surface area contributed by atoms with Crippen LogP contribution in [0, 0.1) is 18.3 Å². The Morgan fingerprint density at radius 2 is 2.08 bits per heavy atom. The number of nitriles is 1. The number of nitrogens with one attached hydrogen (secondary N) is 1. The number of anilines is 1. The molecule has 1 aliphatic carbocycles. The zero-order chi connectivity index (χ0) is 17.6. The van der Waals surface area contributed by atoms with Crippen molar-refractivity contribution in [3.8, 4) is 6.07 Å². The molecule has 1 N–H and O–H groups in total. The minimum absolute atomic E-state index is 0.237. The van der Waals surface area contributed by atoms with Crippen molar-refractivity contribution in [3.63, 3.8) is 0 Å². The monoisotopic (exact) mass is 386 g/mol. The summed E-state index contributed by atoms with van der Waals surface area (Å²) >= 11 is 9.36. The Hall–Kier alpha value is -1.87. The number of aryl methyl sites for hydroxylation is 2. The maximum atomic E-state index is 12.8. The second kappa shape index (κ2) is 6.45. The fourth-order valence-electron chi connectivity index (χ4n) is 3.25. The first-order valence-corrected chi connectivity index (χ1v) is 10.1. The smallest absolute Gasteiger partial charge is 0.267 e. The first kappa shape index (κ1) is 16.6. The summed E-state index contributed by atoms with van der Waals surface area (Å²) in [5, 5.41) is 14.5. The van der Waals surface area contributed by atoms with Gasteiger partial charge in [-0.3, -0.25) is 4.79 Å². The van der Waals surface area contributed by atoms with Gasteiger partial charge in [0.1, 0.15) is 15.9 Å². The summed E-state index contributed by atoms with van der Waals surface area (Å²) in [6.45, 7) is 2.02. The average molecular weight is 387 g/mol. The molecular formula is C19H15ClN2OS2. The fourth-order valence-corrected chi connectivity index (χ4v) is 6.00. The molecule has 0 atom stereocenters.